The summed E-state index contributed by atoms with van der Waals surface area (Å²) in [6.45, 7) is 4.34. The molecule has 2 aromatic carbocycles. The predicted octanol–water partition coefficient (Wildman–Crippen LogP) is 3.39. The number of sulfone groups is 1. The molecule has 0 aliphatic rings. The molecule has 0 fully saturated rings. The number of hydrogen-bond donors (Lipinski definition) is 2. The Morgan fingerprint density at radius 2 is 1.67 bits per heavy atom. The lowest BCUT2D eigenvalue weighted by molar-refractivity contribution is 0.0951. The van der Waals surface area contributed by atoms with E-state index in [9.17, 15) is 13.2 Å². The first kappa shape index (κ1) is 23.5. The van der Waals surface area contributed by atoms with Crippen molar-refractivity contribution in [3.63, 3.8) is 0 Å². The second-order valence-electron chi connectivity index (χ2n) is 5.85. The van der Waals surface area contributed by atoms with Crippen molar-refractivity contribution in [2.75, 3.05) is 25.9 Å². The second-order valence-corrected chi connectivity index (χ2v) is 8.98. The van der Waals surface area contributed by atoms with E-state index in [4.69, 9.17) is 0 Å². The van der Waals surface area contributed by atoms with E-state index in [1.54, 1.807) is 30.3 Å². The van der Waals surface area contributed by atoms with Crippen LogP contribution in [0.15, 0.2) is 63.2 Å². The lowest BCUT2D eigenvalue weighted by atomic mass is 10.2. The first-order valence-electron chi connectivity index (χ1n) is 8.47. The summed E-state index contributed by atoms with van der Waals surface area (Å²) in [6, 6.07) is 14.1. The molecule has 27 heavy (non-hydrogen) atoms. The van der Waals surface area contributed by atoms with Crippen LogP contribution in [-0.4, -0.2) is 40.2 Å². The van der Waals surface area contributed by atoms with Crippen LogP contribution in [0.3, 0.4) is 0 Å². The Labute approximate surface area is 171 Å². The number of rotatable bonds is 9. The number of carbonyl (C=O) groups is 1. The lowest BCUT2D eigenvalue weighted by Crippen LogP contribution is -2.32. The molecular weight excluding hydrogens is 404 g/mol. The number of hydrogen-bond acceptors (Lipinski definition) is 5. The van der Waals surface area contributed by atoms with Crippen molar-refractivity contribution in [3.05, 3.63) is 54.1 Å². The number of amides is 1. The minimum atomic E-state index is -3.21. The third-order valence-electron chi connectivity index (χ3n) is 3.63. The highest BCUT2D eigenvalue weighted by Gasteiger charge is 2.12. The molecule has 0 heterocycles. The summed E-state index contributed by atoms with van der Waals surface area (Å²) in [7, 11) is -3.21. The van der Waals surface area contributed by atoms with Crippen LogP contribution in [-0.2, 0) is 9.84 Å². The van der Waals surface area contributed by atoms with E-state index >= 15 is 0 Å². The zero-order chi connectivity index (χ0) is 19.0. The summed E-state index contributed by atoms with van der Waals surface area (Å²) in [5.41, 5.74) is 0.611. The highest BCUT2D eigenvalue weighted by molar-refractivity contribution is 7.99. The van der Waals surface area contributed by atoms with Gasteiger partial charge in [-0.25, -0.2) is 8.42 Å². The summed E-state index contributed by atoms with van der Waals surface area (Å²) in [5.74, 6) is -0.112. The van der Waals surface area contributed by atoms with Gasteiger partial charge in [-0.15, -0.1) is 12.4 Å². The van der Waals surface area contributed by atoms with Crippen molar-refractivity contribution in [1.82, 2.24) is 10.6 Å². The molecule has 5 nitrogen and oxygen atoms in total. The van der Waals surface area contributed by atoms with Crippen LogP contribution in [0.5, 0.6) is 0 Å². The molecule has 148 valence electrons. The van der Waals surface area contributed by atoms with Gasteiger partial charge in [0.05, 0.1) is 10.5 Å². The maximum atomic E-state index is 12.4. The topological polar surface area (TPSA) is 75.3 Å². The van der Waals surface area contributed by atoms with Crippen LogP contribution in [0.25, 0.3) is 0 Å². The molecule has 2 rings (SSSR count). The van der Waals surface area contributed by atoms with Crippen LogP contribution in [0.1, 0.15) is 23.7 Å². The lowest BCUT2D eigenvalue weighted by Gasteiger charge is -2.10. The van der Waals surface area contributed by atoms with Crippen molar-refractivity contribution in [2.45, 2.75) is 28.0 Å². The van der Waals surface area contributed by atoms with Crippen LogP contribution < -0.4 is 10.6 Å². The van der Waals surface area contributed by atoms with Crippen LogP contribution >= 0.6 is 24.2 Å². The molecule has 0 spiro atoms. The Morgan fingerprint density at radius 1 is 1.00 bits per heavy atom. The smallest absolute Gasteiger partial charge is 0.252 e. The van der Waals surface area contributed by atoms with Gasteiger partial charge in [-0.2, -0.15) is 0 Å². The summed E-state index contributed by atoms with van der Waals surface area (Å²) < 4.78 is 23.1. The summed E-state index contributed by atoms with van der Waals surface area (Å²) in [5, 5.41) is 6.16. The average molecular weight is 429 g/mol. The van der Waals surface area contributed by atoms with E-state index in [0.29, 0.717) is 12.1 Å². The quantitative estimate of drug-likeness (QED) is 0.599. The van der Waals surface area contributed by atoms with Crippen molar-refractivity contribution < 1.29 is 13.2 Å². The predicted molar refractivity (Wildman–Crippen MR) is 113 cm³/mol. The SMILES string of the molecule is CCCNCCNC(=O)c1ccccc1Sc1ccc(S(C)(=O)=O)cc1.Cl. The maximum absolute atomic E-state index is 12.4. The number of benzene rings is 2. The van der Waals surface area contributed by atoms with E-state index in [1.165, 1.54) is 18.0 Å². The fourth-order valence-corrected chi connectivity index (χ4v) is 3.86. The highest BCUT2D eigenvalue weighted by Crippen LogP contribution is 2.31. The number of nitrogens with one attached hydrogen (secondary N) is 2. The molecule has 0 bridgehead atoms. The monoisotopic (exact) mass is 428 g/mol. The molecule has 2 aromatic rings. The molecule has 0 saturated carbocycles. The Balaban J connectivity index is 0.00000364. The summed E-state index contributed by atoms with van der Waals surface area (Å²) in [4.78, 5) is 14.4. The van der Waals surface area contributed by atoms with Crippen molar-refractivity contribution >= 4 is 39.9 Å². The Bertz CT molecular complexity index is 840. The van der Waals surface area contributed by atoms with E-state index in [1.807, 2.05) is 18.2 Å². The van der Waals surface area contributed by atoms with Gasteiger partial charge in [0, 0.05) is 29.1 Å². The van der Waals surface area contributed by atoms with Gasteiger partial charge in [0.1, 0.15) is 0 Å². The first-order valence-corrected chi connectivity index (χ1v) is 11.2. The van der Waals surface area contributed by atoms with Crippen molar-refractivity contribution in [2.24, 2.45) is 0 Å². The Hall–Kier alpha value is -1.54. The largest absolute Gasteiger partial charge is 0.351 e. The molecular formula is C19H25ClN2O3S2. The van der Waals surface area contributed by atoms with E-state index < -0.39 is 9.84 Å². The summed E-state index contributed by atoms with van der Waals surface area (Å²) in [6.07, 6.45) is 2.25. The van der Waals surface area contributed by atoms with E-state index in [-0.39, 0.29) is 23.2 Å². The molecule has 0 aliphatic carbocycles. The van der Waals surface area contributed by atoms with Crippen molar-refractivity contribution in [3.8, 4) is 0 Å². The van der Waals surface area contributed by atoms with Gasteiger partial charge in [0.2, 0.25) is 0 Å². The molecule has 0 atom stereocenters. The molecule has 1 amide bonds. The molecule has 2 N–H and O–H groups in total. The van der Waals surface area contributed by atoms with Crippen LogP contribution in [0.2, 0.25) is 0 Å². The van der Waals surface area contributed by atoms with E-state index in [0.717, 1.165) is 29.3 Å². The average Bonchev–Trinajstić information content (AvgIpc) is 2.61. The van der Waals surface area contributed by atoms with Crippen LogP contribution in [0.4, 0.5) is 0 Å². The molecule has 0 saturated heterocycles. The first-order chi connectivity index (χ1) is 12.4. The minimum Gasteiger partial charge on any atom is -0.351 e. The Kier molecular flexibility index (Phi) is 9.87. The maximum Gasteiger partial charge on any atom is 0.252 e. The second kappa shape index (κ2) is 11.3. The number of carbonyl (C=O) groups excluding carboxylic acids is 1. The molecule has 0 aromatic heterocycles. The van der Waals surface area contributed by atoms with Gasteiger partial charge >= 0.3 is 0 Å². The zero-order valence-electron chi connectivity index (χ0n) is 15.4. The van der Waals surface area contributed by atoms with Gasteiger partial charge in [-0.3, -0.25) is 4.79 Å². The normalized spacial score (nSPS) is 10.9. The van der Waals surface area contributed by atoms with E-state index in [2.05, 4.69) is 17.6 Å². The molecule has 0 aliphatic heterocycles. The number of halogens is 1. The standard InChI is InChI=1S/C19H24N2O3S2.ClH/c1-3-12-20-13-14-21-19(22)17-6-4-5-7-18(17)25-15-8-10-16(11-9-15)26(2,23)24;/h4-11,20H,3,12-14H2,1-2H3,(H,21,22);1H. The highest BCUT2D eigenvalue weighted by atomic mass is 35.5. The molecule has 0 radical (unpaired) electrons. The third kappa shape index (κ3) is 7.54. The van der Waals surface area contributed by atoms with Crippen molar-refractivity contribution in [1.29, 1.82) is 0 Å². The molecule has 8 heteroatoms. The van der Waals surface area contributed by atoms with Gasteiger partial charge in [0.15, 0.2) is 9.84 Å². The van der Waals surface area contributed by atoms with Crippen LogP contribution in [0, 0.1) is 0 Å². The van der Waals surface area contributed by atoms with Gasteiger partial charge in [0.25, 0.3) is 5.91 Å². The van der Waals surface area contributed by atoms with Gasteiger partial charge in [-0.05, 0) is 49.4 Å². The fourth-order valence-electron chi connectivity index (χ4n) is 2.29. The van der Waals surface area contributed by atoms with Gasteiger partial charge < -0.3 is 10.6 Å². The summed E-state index contributed by atoms with van der Waals surface area (Å²) >= 11 is 1.44. The van der Waals surface area contributed by atoms with Gasteiger partial charge in [-0.1, -0.05) is 30.8 Å². The minimum absolute atomic E-state index is 0. The molecule has 0 unspecified atom stereocenters. The zero-order valence-corrected chi connectivity index (χ0v) is 17.8. The fraction of sp³-hybridized carbons (Fsp3) is 0.316. The Morgan fingerprint density at radius 3 is 2.30 bits per heavy atom. The third-order valence-corrected chi connectivity index (χ3v) is 5.84.